The number of nitrogens with zero attached hydrogens (tertiary/aromatic N) is 2. The highest BCUT2D eigenvalue weighted by Gasteiger charge is 2.34. The Morgan fingerprint density at radius 2 is 1.97 bits per heavy atom. The van der Waals surface area contributed by atoms with Crippen LogP contribution in [0.3, 0.4) is 0 Å². The molecule has 3 amide bonds. The maximum atomic E-state index is 14.1. The van der Waals surface area contributed by atoms with Crippen LogP contribution in [0, 0.1) is 5.82 Å². The summed E-state index contributed by atoms with van der Waals surface area (Å²) in [5.41, 5.74) is 6.63. The van der Waals surface area contributed by atoms with Crippen molar-refractivity contribution in [3.8, 4) is 0 Å². The van der Waals surface area contributed by atoms with Gasteiger partial charge in [0.05, 0.1) is 16.1 Å². The van der Waals surface area contributed by atoms with Gasteiger partial charge >= 0.3 is 0 Å². The van der Waals surface area contributed by atoms with Crippen molar-refractivity contribution < 1.29 is 18.8 Å². The number of nitrogens with one attached hydrogen (secondary N) is 1. The van der Waals surface area contributed by atoms with Crippen LogP contribution < -0.4 is 11.1 Å². The molecule has 1 aliphatic heterocycles. The van der Waals surface area contributed by atoms with Crippen molar-refractivity contribution in [1.82, 2.24) is 14.8 Å². The minimum absolute atomic E-state index is 0.0196. The van der Waals surface area contributed by atoms with Crippen LogP contribution in [0.25, 0.3) is 10.9 Å². The van der Waals surface area contributed by atoms with Crippen molar-refractivity contribution in [3.63, 3.8) is 0 Å². The number of rotatable bonds is 6. The number of benzene rings is 2. The molecule has 3 N–H and O–H groups in total. The summed E-state index contributed by atoms with van der Waals surface area (Å²) in [4.78, 5) is 39.2. The number of hydrogen-bond donors (Lipinski definition) is 2. The molecule has 2 aromatic carbocycles. The molecule has 0 unspecified atom stereocenters. The second-order valence-corrected chi connectivity index (χ2v) is 8.72. The van der Waals surface area contributed by atoms with Gasteiger partial charge in [-0.2, -0.15) is 0 Å². The molecule has 1 aromatic heterocycles. The summed E-state index contributed by atoms with van der Waals surface area (Å²) in [6.45, 7) is 0.300. The molecule has 10 heteroatoms. The third-order valence-corrected chi connectivity index (χ3v) is 6.30. The Hall–Kier alpha value is -3.10. The molecule has 3 aromatic rings. The number of hydrogen-bond acceptors (Lipinski definition) is 3. The van der Waals surface area contributed by atoms with Crippen molar-refractivity contribution in [2.24, 2.45) is 5.73 Å². The Morgan fingerprint density at radius 3 is 2.73 bits per heavy atom. The average molecular weight is 491 g/mol. The Kier molecular flexibility index (Phi) is 6.58. The summed E-state index contributed by atoms with van der Waals surface area (Å²) in [6.07, 6.45) is 2.69. The Bertz CT molecular complexity index is 1260. The lowest BCUT2D eigenvalue weighted by atomic mass is 10.1. The standard InChI is InChI=1S/C23H21Cl2FN4O3/c24-14-6-7-15-16(22(27)32)11-29(19(15)9-14)12-20(31)30-8-2-5-18(30)23(33)28-10-13-3-1-4-17(25)21(13)26/h1,3-4,6-7,9,11,18H,2,5,8,10,12H2,(H2,27,32)(H,28,33)/t18-/m0/s1. The fourth-order valence-corrected chi connectivity index (χ4v) is 4.51. The maximum Gasteiger partial charge on any atom is 0.250 e. The number of primary amides is 1. The lowest BCUT2D eigenvalue weighted by Gasteiger charge is -2.24. The molecule has 0 radical (unpaired) electrons. The van der Waals surface area contributed by atoms with Crippen LogP contribution in [-0.2, 0) is 22.7 Å². The fraction of sp³-hybridized carbons (Fsp3) is 0.261. The first-order valence-electron chi connectivity index (χ1n) is 10.3. The van der Waals surface area contributed by atoms with Gasteiger partial charge < -0.3 is 20.5 Å². The second-order valence-electron chi connectivity index (χ2n) is 7.87. The molecule has 1 atom stereocenters. The number of halogens is 3. The fourth-order valence-electron chi connectivity index (χ4n) is 4.15. The lowest BCUT2D eigenvalue weighted by molar-refractivity contribution is -0.138. The highest BCUT2D eigenvalue weighted by Crippen LogP contribution is 2.26. The molecule has 0 aliphatic carbocycles. The quantitative estimate of drug-likeness (QED) is 0.553. The highest BCUT2D eigenvalue weighted by atomic mass is 35.5. The van der Waals surface area contributed by atoms with E-state index in [-0.39, 0.29) is 41.1 Å². The zero-order chi connectivity index (χ0) is 23.7. The first-order valence-corrected chi connectivity index (χ1v) is 11.1. The zero-order valence-electron chi connectivity index (χ0n) is 17.5. The van der Waals surface area contributed by atoms with Gasteiger partial charge in [-0.3, -0.25) is 14.4 Å². The number of amides is 3. The predicted octanol–water partition coefficient (Wildman–Crippen LogP) is 3.49. The van der Waals surface area contributed by atoms with Crippen LogP contribution in [0.1, 0.15) is 28.8 Å². The Balaban J connectivity index is 1.49. The minimum Gasteiger partial charge on any atom is -0.366 e. The molecule has 1 saturated heterocycles. The molecule has 2 heterocycles. The molecule has 7 nitrogen and oxygen atoms in total. The third-order valence-electron chi connectivity index (χ3n) is 5.78. The van der Waals surface area contributed by atoms with E-state index in [2.05, 4.69) is 5.32 Å². The molecule has 33 heavy (non-hydrogen) atoms. The predicted molar refractivity (Wildman–Crippen MR) is 123 cm³/mol. The molecule has 4 rings (SSSR count). The summed E-state index contributed by atoms with van der Waals surface area (Å²) in [6, 6.07) is 8.89. The average Bonchev–Trinajstić information content (AvgIpc) is 3.40. The monoisotopic (exact) mass is 490 g/mol. The van der Waals surface area contributed by atoms with E-state index in [9.17, 15) is 18.8 Å². The van der Waals surface area contributed by atoms with Crippen molar-refractivity contribution in [2.75, 3.05) is 6.54 Å². The van der Waals surface area contributed by atoms with Gasteiger partial charge in [-0.1, -0.05) is 41.4 Å². The van der Waals surface area contributed by atoms with Gasteiger partial charge in [-0.15, -0.1) is 0 Å². The van der Waals surface area contributed by atoms with Crippen LogP contribution in [0.15, 0.2) is 42.6 Å². The van der Waals surface area contributed by atoms with E-state index in [0.717, 1.165) is 0 Å². The summed E-state index contributed by atoms with van der Waals surface area (Å²) in [5, 5.41) is 3.73. The molecule has 1 fully saturated rings. The van der Waals surface area contributed by atoms with E-state index in [1.54, 1.807) is 28.8 Å². The molecule has 0 spiro atoms. The topological polar surface area (TPSA) is 97.4 Å². The van der Waals surface area contributed by atoms with E-state index in [1.165, 1.54) is 23.2 Å². The van der Waals surface area contributed by atoms with E-state index in [0.29, 0.717) is 35.3 Å². The highest BCUT2D eigenvalue weighted by molar-refractivity contribution is 6.31. The van der Waals surface area contributed by atoms with Crippen molar-refractivity contribution in [2.45, 2.75) is 32.0 Å². The smallest absolute Gasteiger partial charge is 0.250 e. The molecule has 1 aliphatic rings. The van der Waals surface area contributed by atoms with E-state index >= 15 is 0 Å². The van der Waals surface area contributed by atoms with Crippen molar-refractivity contribution in [1.29, 1.82) is 0 Å². The van der Waals surface area contributed by atoms with Gasteiger partial charge in [0.15, 0.2) is 0 Å². The van der Waals surface area contributed by atoms with Gasteiger partial charge in [0.1, 0.15) is 18.4 Å². The van der Waals surface area contributed by atoms with Crippen LogP contribution in [-0.4, -0.2) is 39.8 Å². The van der Waals surface area contributed by atoms with E-state index < -0.39 is 17.8 Å². The van der Waals surface area contributed by atoms with Crippen LogP contribution in [0.4, 0.5) is 4.39 Å². The number of likely N-dealkylation sites (tertiary alicyclic amines) is 1. The van der Waals surface area contributed by atoms with Crippen molar-refractivity contribution >= 4 is 51.8 Å². The van der Waals surface area contributed by atoms with Crippen LogP contribution in [0.2, 0.25) is 10.0 Å². The van der Waals surface area contributed by atoms with Gasteiger partial charge in [0, 0.05) is 35.3 Å². The number of carbonyl (C=O) groups excluding carboxylic acids is 3. The molecule has 0 bridgehead atoms. The summed E-state index contributed by atoms with van der Waals surface area (Å²) >= 11 is 11.9. The number of carbonyl (C=O) groups is 3. The third kappa shape index (κ3) is 4.67. The first kappa shape index (κ1) is 23.1. The van der Waals surface area contributed by atoms with Gasteiger partial charge in [-0.25, -0.2) is 4.39 Å². The second kappa shape index (κ2) is 9.41. The number of fused-ring (bicyclic) bond motifs is 1. The van der Waals surface area contributed by atoms with Gasteiger partial charge in [0.2, 0.25) is 11.8 Å². The molecular formula is C23H21Cl2FN4O3. The van der Waals surface area contributed by atoms with E-state index in [1.807, 2.05) is 0 Å². The normalized spacial score (nSPS) is 15.7. The zero-order valence-corrected chi connectivity index (χ0v) is 19.0. The number of aromatic nitrogens is 1. The largest absolute Gasteiger partial charge is 0.366 e. The first-order chi connectivity index (χ1) is 15.8. The van der Waals surface area contributed by atoms with Crippen molar-refractivity contribution in [3.05, 3.63) is 69.6 Å². The van der Waals surface area contributed by atoms with Crippen LogP contribution >= 0.6 is 23.2 Å². The molecule has 0 saturated carbocycles. The molecule has 172 valence electrons. The summed E-state index contributed by atoms with van der Waals surface area (Å²) in [7, 11) is 0. The number of nitrogens with two attached hydrogens (primary N) is 1. The Labute approximate surface area is 199 Å². The van der Waals surface area contributed by atoms with Gasteiger partial charge in [0.25, 0.3) is 5.91 Å². The minimum atomic E-state index is -0.666. The summed E-state index contributed by atoms with van der Waals surface area (Å²) < 4.78 is 15.7. The SMILES string of the molecule is NC(=O)c1cn(CC(=O)N2CCC[C@H]2C(=O)NCc2cccc(Cl)c2F)c2cc(Cl)ccc12. The maximum absolute atomic E-state index is 14.1. The van der Waals surface area contributed by atoms with Gasteiger partial charge in [-0.05, 0) is 31.0 Å². The summed E-state index contributed by atoms with van der Waals surface area (Å²) in [5.74, 6) is -1.84. The lowest BCUT2D eigenvalue weighted by Crippen LogP contribution is -2.46. The Morgan fingerprint density at radius 1 is 1.18 bits per heavy atom. The van der Waals surface area contributed by atoms with E-state index in [4.69, 9.17) is 28.9 Å². The molecular weight excluding hydrogens is 470 g/mol. The van der Waals surface area contributed by atoms with Crippen LogP contribution in [0.5, 0.6) is 0 Å².